The summed E-state index contributed by atoms with van der Waals surface area (Å²) < 4.78 is 65.0. The van der Waals surface area contributed by atoms with Crippen LogP contribution in [0.25, 0.3) is 32.1 Å². The monoisotopic (exact) mass is 681 g/mol. The van der Waals surface area contributed by atoms with Gasteiger partial charge in [-0.3, -0.25) is 4.90 Å². The van der Waals surface area contributed by atoms with Gasteiger partial charge in [0.2, 0.25) is 0 Å². The van der Waals surface area contributed by atoms with Crippen LogP contribution in [0.1, 0.15) is 24.8 Å². The third-order valence-electron chi connectivity index (χ3n) is 9.73. The number of aromatic nitrogens is 2. The van der Waals surface area contributed by atoms with Gasteiger partial charge in [0.25, 0.3) is 0 Å². The molecule has 4 aliphatic heterocycles. The lowest BCUT2D eigenvalue weighted by atomic mass is 9.95. The normalized spacial score (nSPS) is 25.5. The molecule has 0 spiro atoms. The van der Waals surface area contributed by atoms with E-state index in [0.29, 0.717) is 13.0 Å². The molecule has 0 amide bonds. The summed E-state index contributed by atoms with van der Waals surface area (Å²) in [6.45, 7) is 1.89. The maximum absolute atomic E-state index is 17.1. The molecule has 4 aliphatic rings. The summed E-state index contributed by atoms with van der Waals surface area (Å²) in [7, 11) is 0. The van der Waals surface area contributed by atoms with Crippen molar-refractivity contribution in [3.63, 3.8) is 0 Å². The largest absolute Gasteiger partial charge is 0.489 e. The van der Waals surface area contributed by atoms with Gasteiger partial charge in [-0.2, -0.15) is 20.5 Å². The topological polar surface area (TPSA) is 134 Å². The van der Waals surface area contributed by atoms with Crippen LogP contribution in [-0.4, -0.2) is 78.7 Å². The quantitative estimate of drug-likeness (QED) is 0.291. The number of nitrogens with two attached hydrogens (primary N) is 1. The van der Waals surface area contributed by atoms with Gasteiger partial charge in [0, 0.05) is 30.5 Å². The van der Waals surface area contributed by atoms with Crippen molar-refractivity contribution in [2.45, 2.75) is 37.0 Å². The third kappa shape index (κ3) is 4.65. The molecule has 0 aliphatic carbocycles. The lowest BCUT2D eigenvalue weighted by molar-refractivity contribution is 0.107. The van der Waals surface area contributed by atoms with Crippen LogP contribution < -0.4 is 20.1 Å². The maximum Gasteiger partial charge on any atom is 0.319 e. The summed E-state index contributed by atoms with van der Waals surface area (Å²) in [6, 6.07) is 6.24. The second kappa shape index (κ2) is 11.3. The minimum absolute atomic E-state index is 0.00502. The van der Waals surface area contributed by atoms with Gasteiger partial charge in [0.1, 0.15) is 47.6 Å². The average Bonchev–Trinajstić information content (AvgIpc) is 3.60. The fourth-order valence-electron chi connectivity index (χ4n) is 7.57. The molecule has 3 fully saturated rings. The zero-order valence-electron chi connectivity index (χ0n) is 24.9. The molecule has 2 N–H and O–H groups in total. The highest BCUT2D eigenvalue weighted by atomic mass is 35.5. The Morgan fingerprint density at radius 2 is 2.02 bits per heavy atom. The SMILES string of the molecule is N#Cc1c(N)sc2c(F)ccc(-c3c(Cl)c4c5c(nc(OC[C@@]67CCCN6C[C@H](F)C7)nc5c3F)N3CC(C#N)COCC3CO4)c12. The summed E-state index contributed by atoms with van der Waals surface area (Å²) >= 11 is 7.88. The molecule has 10 nitrogen and oxygen atoms in total. The number of hydrogen-bond acceptors (Lipinski definition) is 11. The van der Waals surface area contributed by atoms with Crippen molar-refractivity contribution in [1.29, 1.82) is 10.5 Å². The number of nitrogens with zero attached hydrogens (tertiary/aromatic N) is 6. The van der Waals surface area contributed by atoms with Gasteiger partial charge in [-0.05, 0) is 31.0 Å². The second-order valence-corrected chi connectivity index (χ2v) is 13.9. The Hall–Kier alpha value is -4.08. The van der Waals surface area contributed by atoms with E-state index in [1.54, 1.807) is 0 Å². The Morgan fingerprint density at radius 1 is 1.17 bits per heavy atom. The van der Waals surface area contributed by atoms with Crippen LogP contribution in [0.3, 0.4) is 0 Å². The summed E-state index contributed by atoms with van der Waals surface area (Å²) in [4.78, 5) is 13.2. The van der Waals surface area contributed by atoms with E-state index in [2.05, 4.69) is 16.0 Å². The van der Waals surface area contributed by atoms with E-state index in [1.807, 2.05) is 11.0 Å². The Morgan fingerprint density at radius 3 is 2.83 bits per heavy atom. The number of fused-ring (bicyclic) bond motifs is 4. The number of hydrogen-bond donors (Lipinski definition) is 1. The van der Waals surface area contributed by atoms with Crippen molar-refractivity contribution in [2.24, 2.45) is 5.92 Å². The van der Waals surface area contributed by atoms with Gasteiger partial charge >= 0.3 is 6.01 Å². The van der Waals surface area contributed by atoms with Crippen LogP contribution in [0.5, 0.6) is 11.8 Å². The van der Waals surface area contributed by atoms with Crippen LogP contribution in [-0.2, 0) is 4.74 Å². The lowest BCUT2D eigenvalue weighted by Gasteiger charge is -2.31. The predicted octanol–water partition coefficient (Wildman–Crippen LogP) is 5.59. The van der Waals surface area contributed by atoms with Crippen molar-refractivity contribution in [3.05, 3.63) is 34.4 Å². The molecule has 4 atom stereocenters. The molecule has 242 valence electrons. The average molecular weight is 682 g/mol. The highest BCUT2D eigenvalue weighted by Gasteiger charge is 2.49. The number of ether oxygens (including phenoxy) is 3. The first-order valence-corrected chi connectivity index (χ1v) is 16.4. The van der Waals surface area contributed by atoms with Crippen molar-refractivity contribution >= 4 is 54.7 Å². The predicted molar refractivity (Wildman–Crippen MR) is 170 cm³/mol. The molecule has 47 heavy (non-hydrogen) atoms. The zero-order chi connectivity index (χ0) is 32.6. The van der Waals surface area contributed by atoms with Crippen molar-refractivity contribution < 1.29 is 27.4 Å². The van der Waals surface area contributed by atoms with Gasteiger partial charge in [0.15, 0.2) is 11.6 Å². The molecule has 2 aromatic heterocycles. The number of rotatable bonds is 4. The van der Waals surface area contributed by atoms with Gasteiger partial charge in [0.05, 0.1) is 57.5 Å². The smallest absolute Gasteiger partial charge is 0.319 e. The van der Waals surface area contributed by atoms with Crippen molar-refractivity contribution in [3.8, 4) is 35.0 Å². The van der Waals surface area contributed by atoms with Crippen molar-refractivity contribution in [1.82, 2.24) is 14.9 Å². The minimum Gasteiger partial charge on any atom is -0.489 e. The van der Waals surface area contributed by atoms with E-state index in [1.165, 1.54) is 12.1 Å². The molecule has 4 aromatic rings. The van der Waals surface area contributed by atoms with E-state index in [0.717, 1.165) is 30.7 Å². The third-order valence-corrected chi connectivity index (χ3v) is 11.1. The molecular formula is C32H27ClF3N7O3S. The minimum atomic E-state index is -0.972. The summed E-state index contributed by atoms with van der Waals surface area (Å²) in [5, 5.41) is 20.0. The molecule has 15 heteroatoms. The Balaban J connectivity index is 1.35. The second-order valence-electron chi connectivity index (χ2n) is 12.5. The van der Waals surface area contributed by atoms with Crippen LogP contribution in [0, 0.1) is 40.2 Å². The molecule has 2 unspecified atom stereocenters. The summed E-state index contributed by atoms with van der Waals surface area (Å²) in [5.41, 5.74) is 5.39. The number of nitrogen functional groups attached to an aromatic ring is 1. The summed E-state index contributed by atoms with van der Waals surface area (Å²) in [5.74, 6) is -1.63. The Kier molecular flexibility index (Phi) is 7.26. The Bertz CT molecular complexity index is 2050. The highest BCUT2D eigenvalue weighted by molar-refractivity contribution is 7.23. The molecule has 0 bridgehead atoms. The first kappa shape index (κ1) is 30.3. The lowest BCUT2D eigenvalue weighted by Crippen LogP contribution is -2.44. The molecule has 3 saturated heterocycles. The molecule has 0 radical (unpaired) electrons. The van der Waals surface area contributed by atoms with E-state index in [4.69, 9.17) is 36.5 Å². The van der Waals surface area contributed by atoms with E-state index >= 15 is 4.39 Å². The summed E-state index contributed by atoms with van der Waals surface area (Å²) in [6.07, 6.45) is 1.01. The number of benzene rings is 2. The highest BCUT2D eigenvalue weighted by Crippen LogP contribution is 2.51. The van der Waals surface area contributed by atoms with Gasteiger partial charge in [-0.15, -0.1) is 11.3 Å². The van der Waals surface area contributed by atoms with E-state index in [9.17, 15) is 19.3 Å². The van der Waals surface area contributed by atoms with Gasteiger partial charge in [-0.25, -0.2) is 13.2 Å². The van der Waals surface area contributed by atoms with Crippen LogP contribution in [0.4, 0.5) is 24.0 Å². The van der Waals surface area contributed by atoms with Gasteiger partial charge < -0.3 is 24.8 Å². The fourth-order valence-corrected chi connectivity index (χ4v) is 8.85. The van der Waals surface area contributed by atoms with Crippen LogP contribution in [0.2, 0.25) is 5.02 Å². The molecular weight excluding hydrogens is 655 g/mol. The zero-order valence-corrected chi connectivity index (χ0v) is 26.4. The number of anilines is 2. The van der Waals surface area contributed by atoms with Crippen LogP contribution in [0.15, 0.2) is 12.1 Å². The molecule has 8 rings (SSSR count). The van der Waals surface area contributed by atoms with Gasteiger partial charge in [-0.1, -0.05) is 17.7 Å². The fraction of sp³-hybridized carbons (Fsp3) is 0.438. The Labute approximate surface area is 276 Å². The van der Waals surface area contributed by atoms with E-state index < -0.39 is 35.3 Å². The number of thiophene rings is 1. The molecule has 6 heterocycles. The molecule has 2 aromatic carbocycles. The van der Waals surface area contributed by atoms with Crippen LogP contribution >= 0.6 is 22.9 Å². The first-order valence-electron chi connectivity index (χ1n) is 15.3. The maximum atomic E-state index is 17.1. The van der Waals surface area contributed by atoms with Crippen molar-refractivity contribution in [2.75, 3.05) is 56.7 Å². The van der Waals surface area contributed by atoms with E-state index in [-0.39, 0.29) is 98.3 Å². The number of halogens is 4. The first-order chi connectivity index (χ1) is 22.7. The number of nitriles is 2. The standard InChI is InChI=1S/C32H27ClF3N7O3S/c33-24-22(18-2-3-20(35)28-21(18)19(8-38)29(39)47-28)25(36)26-23-27(24)45-13-17-12-44-11-15(7-37)9-43(17)30(23)41-31(40-26)46-14-32-4-1-5-42(32)10-16(34)6-32/h2-3,15-17H,1,4-6,9-14,39H2/t15?,16-,17?,32+/m1/s1. The molecule has 0 saturated carbocycles. The number of alkyl halides is 1.